The first-order valence-electron chi connectivity index (χ1n) is 10.9. The summed E-state index contributed by atoms with van der Waals surface area (Å²) in [4.78, 5) is 0. The van der Waals surface area contributed by atoms with Crippen LogP contribution in [0, 0.1) is 29.1 Å². The highest BCUT2D eigenvalue weighted by molar-refractivity contribution is 5.26. The molecule has 0 heteroatoms. The first-order valence-corrected chi connectivity index (χ1v) is 10.9. The Morgan fingerprint density at radius 1 is 1.25 bits per heavy atom. The summed E-state index contributed by atoms with van der Waals surface area (Å²) in [6.45, 7) is 13.8. The van der Waals surface area contributed by atoms with Crippen LogP contribution in [0.3, 0.4) is 0 Å². The van der Waals surface area contributed by atoms with Gasteiger partial charge in [0, 0.05) is 0 Å². The Bertz CT molecular complexity index is 455. The molecule has 0 spiro atoms. The summed E-state index contributed by atoms with van der Waals surface area (Å²) in [6.07, 6.45) is 17.8. The van der Waals surface area contributed by atoms with Gasteiger partial charge >= 0.3 is 0 Å². The molecule has 0 radical (unpaired) electrons. The van der Waals surface area contributed by atoms with Crippen LogP contribution >= 0.6 is 0 Å². The monoisotopic (exact) mass is 330 g/mol. The highest BCUT2D eigenvalue weighted by Gasteiger charge is 2.52. The molecule has 0 aromatic carbocycles. The standard InChI is InChI=1S/C22H36.C2H6/c1-5-6-7-16(2)14-18-9-10-20-19(15-18)12-13-22(4)17(3)8-11-21(20)22;1-2/h9,14,17,19-21H,5-8,10-13,15H2,1-4H3;1-2H3/b16-14-;/t17-,19?,20?,21?,22+;/m0./s1. The average molecular weight is 331 g/mol. The molecule has 3 rings (SSSR count). The third kappa shape index (κ3) is 4.00. The Balaban J connectivity index is 0.00000100. The molecule has 0 bridgehead atoms. The zero-order valence-corrected chi connectivity index (χ0v) is 17.3. The van der Waals surface area contributed by atoms with Crippen LogP contribution in [0.1, 0.15) is 99.3 Å². The molecule has 3 aliphatic carbocycles. The van der Waals surface area contributed by atoms with E-state index in [1.165, 1.54) is 57.8 Å². The van der Waals surface area contributed by atoms with E-state index in [9.17, 15) is 0 Å². The average Bonchev–Trinajstić information content (AvgIpc) is 2.90. The van der Waals surface area contributed by atoms with Gasteiger partial charge < -0.3 is 0 Å². The van der Waals surface area contributed by atoms with Crippen LogP contribution in [0.4, 0.5) is 0 Å². The van der Waals surface area contributed by atoms with Crippen LogP contribution in [0.5, 0.6) is 0 Å². The normalized spacial score (nSPS) is 38.6. The zero-order valence-electron chi connectivity index (χ0n) is 17.3. The van der Waals surface area contributed by atoms with Crippen molar-refractivity contribution in [1.29, 1.82) is 0 Å². The quantitative estimate of drug-likeness (QED) is 0.490. The maximum Gasteiger partial charge on any atom is -0.0251 e. The van der Waals surface area contributed by atoms with Gasteiger partial charge in [-0.3, -0.25) is 0 Å². The predicted molar refractivity (Wildman–Crippen MR) is 108 cm³/mol. The van der Waals surface area contributed by atoms with Gasteiger partial charge in [-0.15, -0.1) is 0 Å². The van der Waals surface area contributed by atoms with Gasteiger partial charge in [0.15, 0.2) is 0 Å². The summed E-state index contributed by atoms with van der Waals surface area (Å²) in [5.41, 5.74) is 3.92. The lowest BCUT2D eigenvalue weighted by Crippen LogP contribution is -2.41. The van der Waals surface area contributed by atoms with Crippen LogP contribution in [-0.4, -0.2) is 0 Å². The molecule has 0 nitrogen and oxygen atoms in total. The highest BCUT2D eigenvalue weighted by atomic mass is 14.6. The number of fused-ring (bicyclic) bond motifs is 3. The number of unbranched alkanes of at least 4 members (excludes halogenated alkanes) is 1. The third-order valence-corrected chi connectivity index (χ3v) is 7.57. The molecule has 2 fully saturated rings. The minimum atomic E-state index is 0.666. The van der Waals surface area contributed by atoms with Crippen molar-refractivity contribution >= 4 is 0 Å². The van der Waals surface area contributed by atoms with Crippen molar-refractivity contribution in [2.75, 3.05) is 0 Å². The molecular weight excluding hydrogens is 288 g/mol. The van der Waals surface area contributed by atoms with Gasteiger partial charge in [-0.2, -0.15) is 0 Å². The molecule has 0 amide bonds. The lowest BCUT2D eigenvalue weighted by atomic mass is 9.55. The molecule has 0 aliphatic heterocycles. The molecule has 0 aromatic rings. The largest absolute Gasteiger partial charge is 0.0810 e. The molecule has 0 N–H and O–H groups in total. The van der Waals surface area contributed by atoms with Gasteiger partial charge in [0.25, 0.3) is 0 Å². The first-order chi connectivity index (χ1) is 11.5. The fraction of sp³-hybridized carbons (Fsp3) is 0.833. The van der Waals surface area contributed by atoms with E-state index < -0.39 is 0 Å². The van der Waals surface area contributed by atoms with Gasteiger partial charge in [0.1, 0.15) is 0 Å². The summed E-state index contributed by atoms with van der Waals surface area (Å²) in [6, 6.07) is 0. The van der Waals surface area contributed by atoms with Gasteiger partial charge in [-0.25, -0.2) is 0 Å². The van der Waals surface area contributed by atoms with E-state index in [0.717, 1.165) is 23.7 Å². The summed E-state index contributed by atoms with van der Waals surface area (Å²) in [5, 5.41) is 0. The van der Waals surface area contributed by atoms with E-state index in [1.54, 1.807) is 11.1 Å². The summed E-state index contributed by atoms with van der Waals surface area (Å²) in [7, 11) is 0. The Morgan fingerprint density at radius 3 is 2.71 bits per heavy atom. The van der Waals surface area contributed by atoms with E-state index in [-0.39, 0.29) is 0 Å². The predicted octanol–water partition coefficient (Wildman–Crippen LogP) is 7.95. The Morgan fingerprint density at radius 2 is 2.00 bits per heavy atom. The van der Waals surface area contributed by atoms with Gasteiger partial charge in [0.2, 0.25) is 0 Å². The first kappa shape index (κ1) is 19.8. The van der Waals surface area contributed by atoms with Gasteiger partial charge in [-0.1, -0.05) is 64.3 Å². The van der Waals surface area contributed by atoms with E-state index in [0.29, 0.717) is 5.41 Å². The molecule has 0 heterocycles. The lowest BCUT2D eigenvalue weighted by Gasteiger charge is -2.49. The summed E-state index contributed by atoms with van der Waals surface area (Å²) >= 11 is 0. The molecule has 3 unspecified atom stereocenters. The molecular formula is C24H42. The Hall–Kier alpha value is -0.520. The van der Waals surface area contributed by atoms with E-state index in [1.807, 2.05) is 13.8 Å². The molecule has 138 valence electrons. The topological polar surface area (TPSA) is 0 Å². The Labute approximate surface area is 152 Å². The SMILES string of the molecule is CC.CCCC/C(C)=C\C1=CCC2C(CC[C@@]3(C)C2CC[C@@H]3C)C1. The minimum Gasteiger partial charge on any atom is -0.0810 e. The smallest absolute Gasteiger partial charge is 0.0251 e. The van der Waals surface area contributed by atoms with Crippen LogP contribution in [0.15, 0.2) is 23.3 Å². The molecule has 0 aromatic heterocycles. The molecule has 0 saturated heterocycles. The number of hydrogen-bond acceptors (Lipinski definition) is 0. The van der Waals surface area contributed by atoms with Crippen molar-refractivity contribution < 1.29 is 0 Å². The second kappa shape index (κ2) is 8.72. The lowest BCUT2D eigenvalue weighted by molar-refractivity contribution is 0.0148. The van der Waals surface area contributed by atoms with Crippen molar-refractivity contribution in [3.05, 3.63) is 23.3 Å². The second-order valence-electron chi connectivity index (χ2n) is 8.87. The van der Waals surface area contributed by atoms with E-state index in [4.69, 9.17) is 0 Å². The summed E-state index contributed by atoms with van der Waals surface area (Å²) in [5.74, 6) is 3.96. The highest BCUT2D eigenvalue weighted by Crippen LogP contribution is 2.61. The van der Waals surface area contributed by atoms with Crippen LogP contribution in [0.25, 0.3) is 0 Å². The van der Waals surface area contributed by atoms with Gasteiger partial charge in [-0.05, 0) is 87.4 Å². The number of allylic oxidation sites excluding steroid dienone is 4. The Kier molecular flexibility index (Phi) is 7.20. The van der Waals surface area contributed by atoms with Gasteiger partial charge in [0.05, 0.1) is 0 Å². The molecule has 5 atom stereocenters. The maximum absolute atomic E-state index is 2.61. The molecule has 2 saturated carbocycles. The minimum absolute atomic E-state index is 0.666. The van der Waals surface area contributed by atoms with Crippen molar-refractivity contribution in [3.63, 3.8) is 0 Å². The van der Waals surface area contributed by atoms with E-state index in [2.05, 4.69) is 39.8 Å². The maximum atomic E-state index is 2.61. The van der Waals surface area contributed by atoms with Crippen molar-refractivity contribution in [1.82, 2.24) is 0 Å². The van der Waals surface area contributed by atoms with Crippen LogP contribution < -0.4 is 0 Å². The molecule has 24 heavy (non-hydrogen) atoms. The fourth-order valence-electron chi connectivity index (χ4n) is 5.87. The van der Waals surface area contributed by atoms with Crippen molar-refractivity contribution in [2.45, 2.75) is 99.3 Å². The third-order valence-electron chi connectivity index (χ3n) is 7.57. The summed E-state index contributed by atoms with van der Waals surface area (Å²) < 4.78 is 0. The second-order valence-corrected chi connectivity index (χ2v) is 8.87. The van der Waals surface area contributed by atoms with Crippen molar-refractivity contribution in [2.24, 2.45) is 29.1 Å². The molecule has 3 aliphatic rings. The van der Waals surface area contributed by atoms with Crippen molar-refractivity contribution in [3.8, 4) is 0 Å². The van der Waals surface area contributed by atoms with E-state index >= 15 is 0 Å². The number of rotatable bonds is 4. The van der Waals surface area contributed by atoms with Crippen LogP contribution in [0.2, 0.25) is 0 Å². The number of hydrogen-bond donors (Lipinski definition) is 0. The fourth-order valence-corrected chi connectivity index (χ4v) is 5.87. The van der Waals surface area contributed by atoms with Crippen LogP contribution in [-0.2, 0) is 0 Å². The zero-order chi connectivity index (χ0) is 17.7.